The first-order chi connectivity index (χ1) is 10.2. The summed E-state index contributed by atoms with van der Waals surface area (Å²) in [6.45, 7) is 1.84. The number of carbonyl (C=O) groups excluding carboxylic acids is 2. The van der Waals surface area contributed by atoms with Gasteiger partial charge in [0.25, 0.3) is 0 Å². The molecule has 1 unspecified atom stereocenters. The zero-order valence-corrected chi connectivity index (χ0v) is 12.4. The van der Waals surface area contributed by atoms with Crippen molar-refractivity contribution in [1.29, 1.82) is 0 Å². The van der Waals surface area contributed by atoms with Crippen LogP contribution < -0.4 is 10.6 Å². The second kappa shape index (κ2) is 4.66. The number of carbonyl (C=O) groups is 2. The summed E-state index contributed by atoms with van der Waals surface area (Å²) in [6.07, 6.45) is 3.86. The van der Waals surface area contributed by atoms with E-state index in [0.717, 1.165) is 38.1 Å². The predicted molar refractivity (Wildman–Crippen MR) is 77.2 cm³/mol. The van der Waals surface area contributed by atoms with Crippen LogP contribution in [0.5, 0.6) is 0 Å². The molecule has 2 N–H and O–H groups in total. The highest BCUT2D eigenvalue weighted by molar-refractivity contribution is 7.09. The standard InChI is InChI=1S/C13H17N5O2S/c19-10-13(3-5-14-10)4-6-18(7-13)12(20)16-11-15-9(17-21-11)8-1-2-8/h8H,1-7H2,(H,14,19)(H,15,16,17,20). The zero-order chi connectivity index (χ0) is 14.4. The molecule has 0 bridgehead atoms. The number of nitrogens with zero attached hydrogens (tertiary/aromatic N) is 3. The maximum Gasteiger partial charge on any atom is 0.323 e. The molecule has 3 fully saturated rings. The molecule has 1 atom stereocenters. The molecule has 1 aromatic rings. The molecule has 2 saturated heterocycles. The minimum atomic E-state index is -0.363. The van der Waals surface area contributed by atoms with E-state index in [1.165, 1.54) is 11.5 Å². The van der Waals surface area contributed by atoms with Crippen LogP contribution in [0.25, 0.3) is 0 Å². The highest BCUT2D eigenvalue weighted by Gasteiger charge is 2.48. The number of hydrogen-bond acceptors (Lipinski definition) is 5. The Bertz CT molecular complexity index is 599. The van der Waals surface area contributed by atoms with E-state index in [1.54, 1.807) is 4.90 Å². The van der Waals surface area contributed by atoms with Gasteiger partial charge in [-0.25, -0.2) is 9.78 Å². The minimum absolute atomic E-state index is 0.0877. The molecule has 3 aliphatic rings. The van der Waals surface area contributed by atoms with Crippen LogP contribution in [-0.4, -0.2) is 45.8 Å². The Morgan fingerprint density at radius 3 is 3.00 bits per heavy atom. The fourth-order valence-electron chi connectivity index (χ4n) is 3.12. The van der Waals surface area contributed by atoms with Crippen molar-refractivity contribution in [3.63, 3.8) is 0 Å². The second-order valence-corrected chi connectivity index (χ2v) is 6.87. The molecule has 4 rings (SSSR count). The van der Waals surface area contributed by atoms with Gasteiger partial charge in [0.2, 0.25) is 11.0 Å². The third-order valence-electron chi connectivity index (χ3n) is 4.61. The van der Waals surface area contributed by atoms with E-state index in [0.29, 0.717) is 24.1 Å². The van der Waals surface area contributed by atoms with E-state index < -0.39 is 0 Å². The Labute approximate surface area is 126 Å². The Balaban J connectivity index is 1.40. The molecule has 8 heteroatoms. The summed E-state index contributed by atoms with van der Waals surface area (Å²) in [7, 11) is 0. The number of likely N-dealkylation sites (tertiary alicyclic amines) is 1. The first kappa shape index (κ1) is 13.0. The van der Waals surface area contributed by atoms with E-state index >= 15 is 0 Å². The zero-order valence-electron chi connectivity index (χ0n) is 11.6. The number of amides is 3. The third kappa shape index (κ3) is 2.27. The van der Waals surface area contributed by atoms with Crippen LogP contribution in [0, 0.1) is 5.41 Å². The van der Waals surface area contributed by atoms with Gasteiger partial charge in [-0.2, -0.15) is 4.37 Å². The number of hydrogen-bond donors (Lipinski definition) is 2. The van der Waals surface area contributed by atoms with E-state index in [2.05, 4.69) is 20.0 Å². The van der Waals surface area contributed by atoms with Crippen LogP contribution in [0.2, 0.25) is 0 Å². The highest BCUT2D eigenvalue weighted by Crippen LogP contribution is 2.40. The van der Waals surface area contributed by atoms with E-state index in [-0.39, 0.29) is 17.4 Å². The number of anilines is 1. The van der Waals surface area contributed by atoms with Crippen LogP contribution in [0.15, 0.2) is 0 Å². The molecule has 7 nitrogen and oxygen atoms in total. The van der Waals surface area contributed by atoms with Gasteiger partial charge in [0.05, 0.1) is 5.41 Å². The van der Waals surface area contributed by atoms with Crippen molar-refractivity contribution in [3.05, 3.63) is 5.82 Å². The topological polar surface area (TPSA) is 87.2 Å². The maximum absolute atomic E-state index is 12.3. The summed E-state index contributed by atoms with van der Waals surface area (Å²) in [5, 5.41) is 6.23. The molecule has 3 amide bonds. The van der Waals surface area contributed by atoms with Crippen molar-refractivity contribution in [2.24, 2.45) is 5.41 Å². The average molecular weight is 307 g/mol. The number of rotatable bonds is 2. The van der Waals surface area contributed by atoms with Gasteiger partial charge in [0.15, 0.2) is 0 Å². The van der Waals surface area contributed by atoms with Gasteiger partial charge in [-0.1, -0.05) is 0 Å². The minimum Gasteiger partial charge on any atom is -0.356 e. The lowest BCUT2D eigenvalue weighted by Crippen LogP contribution is -2.38. The first-order valence-corrected chi connectivity index (χ1v) is 8.11. The molecular weight excluding hydrogens is 290 g/mol. The highest BCUT2D eigenvalue weighted by atomic mass is 32.1. The van der Waals surface area contributed by atoms with Crippen molar-refractivity contribution in [2.45, 2.75) is 31.6 Å². The van der Waals surface area contributed by atoms with Crippen LogP contribution in [0.1, 0.15) is 37.4 Å². The lowest BCUT2D eigenvalue weighted by Gasteiger charge is -2.20. The normalized spacial score (nSPS) is 28.2. The molecule has 1 aliphatic carbocycles. The molecule has 1 aromatic heterocycles. The molecule has 3 heterocycles. The first-order valence-electron chi connectivity index (χ1n) is 7.34. The average Bonchev–Trinajstić information content (AvgIpc) is 2.92. The third-order valence-corrected chi connectivity index (χ3v) is 5.25. The Kier molecular flexibility index (Phi) is 2.88. The van der Waals surface area contributed by atoms with Gasteiger partial charge < -0.3 is 10.2 Å². The maximum atomic E-state index is 12.3. The Morgan fingerprint density at radius 1 is 1.43 bits per heavy atom. The van der Waals surface area contributed by atoms with Crippen LogP contribution >= 0.6 is 11.5 Å². The van der Waals surface area contributed by atoms with Crippen molar-refractivity contribution < 1.29 is 9.59 Å². The fourth-order valence-corrected chi connectivity index (χ4v) is 3.75. The summed E-state index contributed by atoms with van der Waals surface area (Å²) >= 11 is 1.23. The molecule has 1 spiro atoms. The molecule has 1 saturated carbocycles. The van der Waals surface area contributed by atoms with E-state index in [4.69, 9.17) is 0 Å². The van der Waals surface area contributed by atoms with Crippen molar-refractivity contribution in [3.8, 4) is 0 Å². The predicted octanol–water partition coefficient (Wildman–Crippen LogP) is 1.16. The lowest BCUT2D eigenvalue weighted by atomic mass is 9.86. The smallest absolute Gasteiger partial charge is 0.323 e. The molecule has 0 radical (unpaired) electrons. The van der Waals surface area contributed by atoms with Crippen LogP contribution in [-0.2, 0) is 4.79 Å². The SMILES string of the molecule is O=C(Nc1nc(C2CC2)ns1)N1CCC2(CCNC2=O)C1. The Hall–Kier alpha value is -1.70. The monoisotopic (exact) mass is 307 g/mol. The summed E-state index contributed by atoms with van der Waals surface area (Å²) in [4.78, 5) is 30.3. The van der Waals surface area contributed by atoms with Gasteiger partial charge in [0, 0.05) is 37.1 Å². The molecule has 2 aliphatic heterocycles. The van der Waals surface area contributed by atoms with Gasteiger partial charge in [-0.3, -0.25) is 10.1 Å². The van der Waals surface area contributed by atoms with Gasteiger partial charge in [0.1, 0.15) is 5.82 Å². The number of urea groups is 1. The second-order valence-electron chi connectivity index (χ2n) is 6.12. The van der Waals surface area contributed by atoms with Crippen molar-refractivity contribution in [2.75, 3.05) is 25.0 Å². The summed E-state index contributed by atoms with van der Waals surface area (Å²) < 4.78 is 4.27. The summed E-state index contributed by atoms with van der Waals surface area (Å²) in [6, 6.07) is -0.176. The molecule has 0 aromatic carbocycles. The Morgan fingerprint density at radius 2 is 2.29 bits per heavy atom. The number of aromatic nitrogens is 2. The lowest BCUT2D eigenvalue weighted by molar-refractivity contribution is -0.126. The van der Waals surface area contributed by atoms with Crippen molar-refractivity contribution >= 4 is 28.6 Å². The molecule has 112 valence electrons. The van der Waals surface area contributed by atoms with Crippen LogP contribution in [0.3, 0.4) is 0 Å². The van der Waals surface area contributed by atoms with E-state index in [9.17, 15) is 9.59 Å². The number of nitrogens with one attached hydrogen (secondary N) is 2. The molecule has 21 heavy (non-hydrogen) atoms. The van der Waals surface area contributed by atoms with Gasteiger partial charge >= 0.3 is 6.03 Å². The summed E-state index contributed by atoms with van der Waals surface area (Å²) in [5.74, 6) is 1.43. The van der Waals surface area contributed by atoms with Gasteiger partial charge in [-0.15, -0.1) is 0 Å². The van der Waals surface area contributed by atoms with E-state index in [1.807, 2.05) is 0 Å². The largest absolute Gasteiger partial charge is 0.356 e. The van der Waals surface area contributed by atoms with Crippen molar-refractivity contribution in [1.82, 2.24) is 19.6 Å². The van der Waals surface area contributed by atoms with Gasteiger partial charge in [-0.05, 0) is 25.7 Å². The molecular formula is C13H17N5O2S. The van der Waals surface area contributed by atoms with Crippen LogP contribution in [0.4, 0.5) is 9.93 Å². The summed E-state index contributed by atoms with van der Waals surface area (Å²) in [5.41, 5.74) is -0.363. The quantitative estimate of drug-likeness (QED) is 0.858. The fraction of sp³-hybridized carbons (Fsp3) is 0.692.